The molecule has 1 unspecified atom stereocenters. The third-order valence-electron chi connectivity index (χ3n) is 1.18. The number of nitrogens with one attached hydrogen (secondary N) is 1. The molecule has 0 aliphatic heterocycles. The lowest BCUT2D eigenvalue weighted by Crippen LogP contribution is -2.16. The number of aliphatic hydroxyl groups is 1. The van der Waals surface area contributed by atoms with E-state index in [1.807, 2.05) is 0 Å². The monoisotopic (exact) mass is 142 g/mol. The fraction of sp³-hybridized carbons (Fsp3) is 0.500. The number of nitrogens with zero attached hydrogens (tertiary/aromatic N) is 1. The first-order valence-corrected chi connectivity index (χ1v) is 3.05. The van der Waals surface area contributed by atoms with E-state index < -0.39 is 6.10 Å². The highest BCUT2D eigenvalue weighted by Crippen LogP contribution is 2.08. The predicted octanol–water partition coefficient (Wildman–Crippen LogP) is -0.0726. The molecule has 1 rings (SSSR count). The zero-order valence-corrected chi connectivity index (χ0v) is 5.74. The van der Waals surface area contributed by atoms with Crippen LogP contribution in [0, 0.1) is 0 Å². The van der Waals surface area contributed by atoms with E-state index in [0.717, 1.165) is 0 Å². The lowest BCUT2D eigenvalue weighted by molar-refractivity contribution is 0.150. The highest BCUT2D eigenvalue weighted by molar-refractivity contribution is 4.93. The zero-order chi connectivity index (χ0) is 7.40. The minimum absolute atomic E-state index is 0.481. The van der Waals surface area contributed by atoms with Crippen molar-refractivity contribution in [3.63, 3.8) is 0 Å². The molecule has 0 bridgehead atoms. The molecule has 56 valence electrons. The normalized spacial score (nSPS) is 13.4. The van der Waals surface area contributed by atoms with Crippen molar-refractivity contribution in [3.8, 4) is 0 Å². The standard InChI is InChI=1S/C6H10N2O2/c1-7-2-5(9)6-3-8-4-10-6/h3-5,7,9H,2H2,1H3. The molecule has 0 saturated carbocycles. The number of likely N-dealkylation sites (N-methyl/N-ethyl adjacent to an activating group) is 1. The Labute approximate surface area is 58.9 Å². The van der Waals surface area contributed by atoms with Gasteiger partial charge in [-0.1, -0.05) is 0 Å². The van der Waals surface area contributed by atoms with Crippen molar-refractivity contribution in [2.75, 3.05) is 13.6 Å². The summed E-state index contributed by atoms with van der Waals surface area (Å²) in [6.07, 6.45) is 2.21. The Morgan fingerprint density at radius 1 is 1.90 bits per heavy atom. The van der Waals surface area contributed by atoms with E-state index in [2.05, 4.69) is 10.3 Å². The minimum atomic E-state index is -0.590. The molecule has 0 fully saturated rings. The maximum absolute atomic E-state index is 9.21. The average Bonchev–Trinajstić information content (AvgIpc) is 2.38. The van der Waals surface area contributed by atoms with Crippen molar-refractivity contribution < 1.29 is 9.52 Å². The maximum atomic E-state index is 9.21. The van der Waals surface area contributed by atoms with Gasteiger partial charge in [-0.3, -0.25) is 0 Å². The van der Waals surface area contributed by atoms with Crippen molar-refractivity contribution in [3.05, 3.63) is 18.4 Å². The van der Waals surface area contributed by atoms with E-state index >= 15 is 0 Å². The second-order valence-electron chi connectivity index (χ2n) is 1.98. The van der Waals surface area contributed by atoms with Crippen LogP contribution in [0.25, 0.3) is 0 Å². The molecule has 4 heteroatoms. The van der Waals surface area contributed by atoms with Gasteiger partial charge >= 0.3 is 0 Å². The fourth-order valence-electron chi connectivity index (χ4n) is 0.684. The van der Waals surface area contributed by atoms with Crippen LogP contribution in [0.5, 0.6) is 0 Å². The summed E-state index contributed by atoms with van der Waals surface area (Å²) < 4.78 is 4.85. The molecule has 1 aromatic heterocycles. The van der Waals surface area contributed by atoms with Gasteiger partial charge in [-0.15, -0.1) is 0 Å². The van der Waals surface area contributed by atoms with Gasteiger partial charge in [-0.05, 0) is 7.05 Å². The molecular weight excluding hydrogens is 132 g/mol. The highest BCUT2D eigenvalue weighted by atomic mass is 16.4. The van der Waals surface area contributed by atoms with Gasteiger partial charge in [0.25, 0.3) is 0 Å². The molecule has 1 atom stereocenters. The lowest BCUT2D eigenvalue weighted by atomic mass is 10.3. The molecule has 0 aromatic carbocycles. The summed E-state index contributed by atoms with van der Waals surface area (Å²) in [4.78, 5) is 3.67. The molecule has 0 aliphatic carbocycles. The molecule has 0 amide bonds. The van der Waals surface area contributed by atoms with Gasteiger partial charge in [0.1, 0.15) is 6.10 Å². The topological polar surface area (TPSA) is 58.3 Å². The Hall–Kier alpha value is -0.870. The first-order chi connectivity index (χ1) is 4.84. The summed E-state index contributed by atoms with van der Waals surface area (Å²) in [6.45, 7) is 0.481. The van der Waals surface area contributed by atoms with Gasteiger partial charge < -0.3 is 14.8 Å². The van der Waals surface area contributed by atoms with Gasteiger partial charge in [0.15, 0.2) is 12.2 Å². The Balaban J connectivity index is 2.50. The van der Waals surface area contributed by atoms with Crippen LogP contribution >= 0.6 is 0 Å². The fourth-order valence-corrected chi connectivity index (χ4v) is 0.684. The number of aliphatic hydroxyl groups excluding tert-OH is 1. The summed E-state index contributed by atoms with van der Waals surface area (Å²) >= 11 is 0. The van der Waals surface area contributed by atoms with E-state index in [0.29, 0.717) is 12.3 Å². The molecule has 0 saturated heterocycles. The summed E-state index contributed by atoms with van der Waals surface area (Å²) in [5.41, 5.74) is 0. The van der Waals surface area contributed by atoms with E-state index in [1.54, 1.807) is 7.05 Å². The van der Waals surface area contributed by atoms with Crippen molar-refractivity contribution in [2.24, 2.45) is 0 Å². The van der Waals surface area contributed by atoms with Gasteiger partial charge in [0, 0.05) is 6.54 Å². The quantitative estimate of drug-likeness (QED) is 0.620. The Morgan fingerprint density at radius 2 is 2.70 bits per heavy atom. The second-order valence-corrected chi connectivity index (χ2v) is 1.98. The van der Waals surface area contributed by atoms with Crippen molar-refractivity contribution in [1.29, 1.82) is 0 Å². The van der Waals surface area contributed by atoms with Crippen LogP contribution in [-0.2, 0) is 0 Å². The molecule has 2 N–H and O–H groups in total. The summed E-state index contributed by atoms with van der Waals surface area (Å²) in [5.74, 6) is 0.495. The van der Waals surface area contributed by atoms with Crippen LogP contribution in [0.3, 0.4) is 0 Å². The number of hydrogen-bond acceptors (Lipinski definition) is 4. The molecule has 4 nitrogen and oxygen atoms in total. The van der Waals surface area contributed by atoms with Crippen molar-refractivity contribution in [1.82, 2.24) is 10.3 Å². The van der Waals surface area contributed by atoms with Gasteiger partial charge in [-0.2, -0.15) is 0 Å². The molecule has 1 aromatic rings. The lowest BCUT2D eigenvalue weighted by Gasteiger charge is -2.03. The van der Waals surface area contributed by atoms with E-state index in [4.69, 9.17) is 4.42 Å². The molecule has 0 aliphatic rings. The Bertz CT molecular complexity index is 174. The third kappa shape index (κ3) is 1.55. The summed E-state index contributed by atoms with van der Waals surface area (Å²) in [5, 5.41) is 12.0. The first-order valence-electron chi connectivity index (χ1n) is 3.05. The van der Waals surface area contributed by atoms with Crippen LogP contribution in [0.4, 0.5) is 0 Å². The van der Waals surface area contributed by atoms with E-state index in [-0.39, 0.29) is 0 Å². The third-order valence-corrected chi connectivity index (χ3v) is 1.18. The first kappa shape index (κ1) is 7.24. The van der Waals surface area contributed by atoms with Gasteiger partial charge in [0.05, 0.1) is 6.20 Å². The number of hydrogen-bond donors (Lipinski definition) is 2. The van der Waals surface area contributed by atoms with Crippen molar-refractivity contribution >= 4 is 0 Å². The highest BCUT2D eigenvalue weighted by Gasteiger charge is 2.08. The van der Waals surface area contributed by atoms with Crippen LogP contribution in [0.2, 0.25) is 0 Å². The summed E-state index contributed by atoms with van der Waals surface area (Å²) in [6, 6.07) is 0. The van der Waals surface area contributed by atoms with Crippen LogP contribution in [0.1, 0.15) is 11.9 Å². The summed E-state index contributed by atoms with van der Waals surface area (Å²) in [7, 11) is 1.76. The van der Waals surface area contributed by atoms with E-state index in [9.17, 15) is 5.11 Å². The van der Waals surface area contributed by atoms with Crippen LogP contribution in [-0.4, -0.2) is 23.7 Å². The minimum Gasteiger partial charge on any atom is -0.446 e. The largest absolute Gasteiger partial charge is 0.446 e. The van der Waals surface area contributed by atoms with Crippen LogP contribution < -0.4 is 5.32 Å². The molecule has 1 heterocycles. The number of aromatic nitrogens is 1. The SMILES string of the molecule is CNCC(O)c1cnco1. The smallest absolute Gasteiger partial charge is 0.180 e. The second kappa shape index (κ2) is 3.34. The Kier molecular flexibility index (Phi) is 2.42. The molecular formula is C6H10N2O2. The average molecular weight is 142 g/mol. The maximum Gasteiger partial charge on any atom is 0.180 e. The Morgan fingerprint density at radius 3 is 3.20 bits per heavy atom. The molecule has 0 spiro atoms. The van der Waals surface area contributed by atoms with Gasteiger partial charge in [-0.25, -0.2) is 4.98 Å². The molecule has 0 radical (unpaired) electrons. The number of oxazole rings is 1. The van der Waals surface area contributed by atoms with Crippen LogP contribution in [0.15, 0.2) is 17.0 Å². The zero-order valence-electron chi connectivity index (χ0n) is 5.74. The number of rotatable bonds is 3. The molecule has 10 heavy (non-hydrogen) atoms. The predicted molar refractivity (Wildman–Crippen MR) is 35.4 cm³/mol. The van der Waals surface area contributed by atoms with Gasteiger partial charge in [0.2, 0.25) is 0 Å². The van der Waals surface area contributed by atoms with Crippen molar-refractivity contribution in [2.45, 2.75) is 6.10 Å². The van der Waals surface area contributed by atoms with E-state index in [1.165, 1.54) is 12.6 Å².